The van der Waals surface area contributed by atoms with Crippen LogP contribution in [0, 0.1) is 0 Å². The minimum Gasteiger partial charge on any atom is -0.462 e. The first-order chi connectivity index (χ1) is 17.5. The number of nitrogens with one attached hydrogen (secondary N) is 1. The molecule has 192 valence electrons. The van der Waals surface area contributed by atoms with Gasteiger partial charge in [0.1, 0.15) is 5.56 Å². The largest absolute Gasteiger partial charge is 0.462 e. The average molecular weight is 494 g/mol. The normalized spacial score (nSPS) is 18.1. The quantitative estimate of drug-likeness (QED) is 0.483. The Morgan fingerprint density at radius 3 is 2.69 bits per heavy atom. The number of aryl methyl sites for hydroxylation is 1. The Bertz CT molecular complexity index is 1290. The Kier molecular flexibility index (Phi) is 7.22. The van der Waals surface area contributed by atoms with Gasteiger partial charge < -0.3 is 19.4 Å². The van der Waals surface area contributed by atoms with Gasteiger partial charge in [0, 0.05) is 50.2 Å². The van der Waals surface area contributed by atoms with E-state index in [0.29, 0.717) is 23.5 Å². The van der Waals surface area contributed by atoms with Crippen molar-refractivity contribution in [1.29, 1.82) is 0 Å². The Morgan fingerprint density at radius 1 is 1.19 bits per heavy atom. The molecule has 2 fully saturated rings. The van der Waals surface area contributed by atoms with Crippen LogP contribution in [0.25, 0.3) is 16.6 Å². The molecule has 1 saturated heterocycles. The number of aromatic nitrogens is 3. The third kappa shape index (κ3) is 4.58. The van der Waals surface area contributed by atoms with Gasteiger partial charge in [-0.05, 0) is 25.8 Å². The predicted octanol–water partition coefficient (Wildman–Crippen LogP) is 2.64. The second-order valence-corrected chi connectivity index (χ2v) is 9.72. The molecule has 36 heavy (non-hydrogen) atoms. The zero-order valence-electron chi connectivity index (χ0n) is 21.2. The number of ether oxygens (including phenoxy) is 2. The molecular formula is C27H35N5O4. The summed E-state index contributed by atoms with van der Waals surface area (Å²) in [5, 5.41) is 9.11. The fourth-order valence-corrected chi connectivity index (χ4v) is 5.79. The lowest BCUT2D eigenvalue weighted by molar-refractivity contribution is -0.0205. The number of rotatable bonds is 8. The Morgan fingerprint density at radius 2 is 1.94 bits per heavy atom. The third-order valence-electron chi connectivity index (χ3n) is 7.69. The predicted molar refractivity (Wildman–Crippen MR) is 138 cm³/mol. The van der Waals surface area contributed by atoms with Crippen molar-refractivity contribution in [3.63, 3.8) is 0 Å². The zero-order valence-corrected chi connectivity index (χ0v) is 21.2. The number of pyridine rings is 1. The molecule has 0 spiro atoms. The van der Waals surface area contributed by atoms with Gasteiger partial charge in [0.15, 0.2) is 0 Å². The molecule has 9 heteroatoms. The number of carbonyl (C=O) groups excluding carboxylic acids is 1. The standard InChI is InChI=1S/C27H35N5O4/c1-3-36-26(34)21-17-29-32(23-16-25(33)30(2)22-9-5-4-8-20(22)23)24(21)18-28-19-27(10-6-7-11-27)31-12-14-35-15-13-31/h4-5,8-9,16-17,28H,3,6-7,10-15,18-19H2,1-2H3. The SMILES string of the molecule is CCOC(=O)c1cnn(-c2cc(=O)n(C)c3ccccc23)c1CNCC1(N2CCOCC2)CCCC1. The van der Waals surface area contributed by atoms with E-state index >= 15 is 0 Å². The summed E-state index contributed by atoms with van der Waals surface area (Å²) in [5.41, 5.74) is 2.55. The highest BCUT2D eigenvalue weighted by molar-refractivity contribution is 5.92. The highest BCUT2D eigenvalue weighted by Crippen LogP contribution is 2.35. The van der Waals surface area contributed by atoms with Crippen LogP contribution in [0.2, 0.25) is 0 Å². The molecule has 0 bridgehead atoms. The molecule has 2 aromatic heterocycles. The number of fused-ring (bicyclic) bond motifs is 1. The maximum Gasteiger partial charge on any atom is 0.341 e. The number of para-hydroxylation sites is 1. The molecule has 1 aliphatic heterocycles. The first kappa shape index (κ1) is 24.7. The first-order valence-corrected chi connectivity index (χ1v) is 12.9. The van der Waals surface area contributed by atoms with Crippen LogP contribution in [0.4, 0.5) is 0 Å². The number of carbonyl (C=O) groups is 1. The van der Waals surface area contributed by atoms with Crippen molar-refractivity contribution in [1.82, 2.24) is 24.6 Å². The van der Waals surface area contributed by atoms with Crippen LogP contribution in [0.5, 0.6) is 0 Å². The summed E-state index contributed by atoms with van der Waals surface area (Å²) >= 11 is 0. The first-order valence-electron chi connectivity index (χ1n) is 12.9. The van der Waals surface area contributed by atoms with E-state index in [1.165, 1.54) is 12.8 Å². The van der Waals surface area contributed by atoms with E-state index in [2.05, 4.69) is 15.3 Å². The van der Waals surface area contributed by atoms with Crippen molar-refractivity contribution < 1.29 is 14.3 Å². The summed E-state index contributed by atoms with van der Waals surface area (Å²) in [4.78, 5) is 28.2. The van der Waals surface area contributed by atoms with Crippen LogP contribution in [-0.2, 0) is 23.1 Å². The average Bonchev–Trinajstić information content (AvgIpc) is 3.55. The number of esters is 1. The van der Waals surface area contributed by atoms with Crippen LogP contribution in [-0.4, -0.2) is 70.2 Å². The minimum absolute atomic E-state index is 0.105. The Labute approximate surface area is 211 Å². The molecule has 0 atom stereocenters. The van der Waals surface area contributed by atoms with Crippen LogP contribution in [0.15, 0.2) is 41.3 Å². The molecule has 3 heterocycles. The fraction of sp³-hybridized carbons (Fsp3) is 0.519. The topological polar surface area (TPSA) is 90.6 Å². The van der Waals surface area contributed by atoms with E-state index in [1.54, 1.807) is 35.5 Å². The van der Waals surface area contributed by atoms with Crippen molar-refractivity contribution in [3.8, 4) is 5.69 Å². The van der Waals surface area contributed by atoms with E-state index < -0.39 is 5.97 Å². The van der Waals surface area contributed by atoms with Gasteiger partial charge in [0.05, 0.1) is 42.9 Å². The number of benzene rings is 1. The second-order valence-electron chi connectivity index (χ2n) is 9.72. The van der Waals surface area contributed by atoms with E-state index in [9.17, 15) is 9.59 Å². The van der Waals surface area contributed by atoms with Crippen LogP contribution in [0.1, 0.15) is 48.7 Å². The molecular weight excluding hydrogens is 458 g/mol. The smallest absolute Gasteiger partial charge is 0.341 e. The molecule has 0 amide bonds. The molecule has 0 radical (unpaired) electrons. The van der Waals surface area contributed by atoms with Crippen LogP contribution in [0.3, 0.4) is 0 Å². The molecule has 0 unspecified atom stereocenters. The maximum absolute atomic E-state index is 12.8. The van der Waals surface area contributed by atoms with Gasteiger partial charge in [-0.1, -0.05) is 31.0 Å². The molecule has 1 aromatic carbocycles. The Hall–Kier alpha value is -3.01. The van der Waals surface area contributed by atoms with Crippen LogP contribution < -0.4 is 10.9 Å². The van der Waals surface area contributed by atoms with E-state index in [1.807, 2.05) is 24.3 Å². The zero-order chi connectivity index (χ0) is 25.1. The summed E-state index contributed by atoms with van der Waals surface area (Å²) in [6.07, 6.45) is 6.32. The molecule has 2 aliphatic rings. The highest BCUT2D eigenvalue weighted by atomic mass is 16.5. The van der Waals surface area contributed by atoms with Crippen molar-refractivity contribution in [3.05, 3.63) is 58.1 Å². The van der Waals surface area contributed by atoms with Gasteiger partial charge >= 0.3 is 5.97 Å². The molecule has 1 N–H and O–H groups in total. The molecule has 5 rings (SSSR count). The number of morpholine rings is 1. The van der Waals surface area contributed by atoms with Crippen LogP contribution >= 0.6 is 0 Å². The van der Waals surface area contributed by atoms with E-state index in [-0.39, 0.29) is 17.7 Å². The van der Waals surface area contributed by atoms with E-state index in [0.717, 1.165) is 56.6 Å². The van der Waals surface area contributed by atoms with Crippen molar-refractivity contribution in [2.45, 2.75) is 44.7 Å². The molecule has 3 aromatic rings. The van der Waals surface area contributed by atoms with Gasteiger partial charge in [0.2, 0.25) is 0 Å². The van der Waals surface area contributed by atoms with Gasteiger partial charge in [-0.3, -0.25) is 9.69 Å². The summed E-state index contributed by atoms with van der Waals surface area (Å²) in [6.45, 7) is 6.78. The van der Waals surface area contributed by atoms with Gasteiger partial charge in [-0.2, -0.15) is 5.10 Å². The fourth-order valence-electron chi connectivity index (χ4n) is 5.79. The van der Waals surface area contributed by atoms with Gasteiger partial charge in [0.25, 0.3) is 5.56 Å². The number of hydrogen-bond donors (Lipinski definition) is 1. The molecule has 1 saturated carbocycles. The maximum atomic E-state index is 12.8. The number of hydrogen-bond acceptors (Lipinski definition) is 7. The van der Waals surface area contributed by atoms with E-state index in [4.69, 9.17) is 9.47 Å². The van der Waals surface area contributed by atoms with Crippen molar-refractivity contribution >= 4 is 16.9 Å². The second kappa shape index (κ2) is 10.5. The Balaban J connectivity index is 1.49. The summed E-state index contributed by atoms with van der Waals surface area (Å²) in [5.74, 6) is -0.405. The third-order valence-corrected chi connectivity index (χ3v) is 7.69. The number of nitrogens with zero attached hydrogens (tertiary/aromatic N) is 4. The van der Waals surface area contributed by atoms with Gasteiger partial charge in [-0.15, -0.1) is 0 Å². The molecule has 1 aliphatic carbocycles. The lowest BCUT2D eigenvalue weighted by atomic mass is 9.94. The summed E-state index contributed by atoms with van der Waals surface area (Å²) in [7, 11) is 1.76. The lowest BCUT2D eigenvalue weighted by Crippen LogP contribution is -2.56. The summed E-state index contributed by atoms with van der Waals surface area (Å²) < 4.78 is 14.3. The lowest BCUT2D eigenvalue weighted by Gasteiger charge is -2.43. The van der Waals surface area contributed by atoms with Crippen molar-refractivity contribution in [2.75, 3.05) is 39.5 Å². The van der Waals surface area contributed by atoms with Crippen molar-refractivity contribution in [2.24, 2.45) is 7.05 Å². The summed E-state index contributed by atoms with van der Waals surface area (Å²) in [6, 6.07) is 9.32. The van der Waals surface area contributed by atoms with Gasteiger partial charge in [-0.25, -0.2) is 9.48 Å². The highest BCUT2D eigenvalue weighted by Gasteiger charge is 2.39. The molecule has 9 nitrogen and oxygen atoms in total. The minimum atomic E-state index is -0.405. The monoisotopic (exact) mass is 493 g/mol.